The minimum absolute atomic E-state index is 0.792. The molecule has 2 aromatic rings. The van der Waals surface area contributed by atoms with E-state index in [0.717, 1.165) is 30.3 Å². The third-order valence-electron chi connectivity index (χ3n) is 2.47. The molecule has 0 fully saturated rings. The van der Waals surface area contributed by atoms with Crippen LogP contribution in [0.25, 0.3) is 0 Å². The van der Waals surface area contributed by atoms with Crippen LogP contribution in [-0.4, -0.2) is 26.3 Å². The summed E-state index contributed by atoms with van der Waals surface area (Å²) in [5.74, 6) is 0.855. The number of hydrogen-bond acceptors (Lipinski definition) is 4. The number of aryl methyl sites for hydroxylation is 3. The lowest BCUT2D eigenvalue weighted by Crippen LogP contribution is -2.13. The van der Waals surface area contributed by atoms with Crippen LogP contribution in [0, 0.1) is 20.8 Å². The minimum atomic E-state index is 0.792. The summed E-state index contributed by atoms with van der Waals surface area (Å²) in [6.07, 6.45) is 5.66. The van der Waals surface area contributed by atoms with Crippen molar-refractivity contribution in [3.8, 4) is 0 Å². The molecule has 5 nitrogen and oxygen atoms in total. The van der Waals surface area contributed by atoms with Crippen LogP contribution >= 0.6 is 0 Å². The monoisotopic (exact) mass is 231 g/mol. The smallest absolute Gasteiger partial charge is 0.147 e. The quantitative estimate of drug-likeness (QED) is 0.870. The predicted molar refractivity (Wildman–Crippen MR) is 67.0 cm³/mol. The number of aromatic nitrogens is 4. The Morgan fingerprint density at radius 1 is 1.24 bits per heavy atom. The summed E-state index contributed by atoms with van der Waals surface area (Å²) in [7, 11) is 0. The van der Waals surface area contributed by atoms with Crippen LogP contribution in [0.2, 0.25) is 0 Å². The highest BCUT2D eigenvalue weighted by atomic mass is 15.3. The average Bonchev–Trinajstić information content (AvgIpc) is 2.69. The van der Waals surface area contributed by atoms with Gasteiger partial charge in [0.1, 0.15) is 5.82 Å². The molecule has 0 aliphatic rings. The first-order valence-corrected chi connectivity index (χ1v) is 5.68. The van der Waals surface area contributed by atoms with Crippen molar-refractivity contribution in [3.63, 3.8) is 0 Å². The molecule has 0 saturated carbocycles. The van der Waals surface area contributed by atoms with Gasteiger partial charge < -0.3 is 5.32 Å². The molecule has 0 saturated heterocycles. The number of hydrogen-bond donors (Lipinski definition) is 1. The van der Waals surface area contributed by atoms with E-state index >= 15 is 0 Å². The maximum atomic E-state index is 4.41. The Hall–Kier alpha value is -1.91. The first-order valence-electron chi connectivity index (χ1n) is 5.68. The van der Waals surface area contributed by atoms with Gasteiger partial charge in [-0.25, -0.2) is 4.98 Å². The second-order valence-corrected chi connectivity index (χ2v) is 4.15. The van der Waals surface area contributed by atoms with Crippen LogP contribution in [0.1, 0.15) is 17.0 Å². The Morgan fingerprint density at radius 3 is 2.76 bits per heavy atom. The van der Waals surface area contributed by atoms with Gasteiger partial charge in [-0.2, -0.15) is 5.10 Å². The first-order chi connectivity index (χ1) is 8.15. The van der Waals surface area contributed by atoms with E-state index in [1.165, 1.54) is 5.56 Å². The van der Waals surface area contributed by atoms with Gasteiger partial charge in [-0.3, -0.25) is 9.67 Å². The van der Waals surface area contributed by atoms with Crippen LogP contribution in [0.4, 0.5) is 5.82 Å². The fraction of sp³-hybridized carbons (Fsp3) is 0.417. The molecule has 1 N–H and O–H groups in total. The van der Waals surface area contributed by atoms with E-state index in [-0.39, 0.29) is 0 Å². The first kappa shape index (κ1) is 11.6. The second-order valence-electron chi connectivity index (χ2n) is 4.15. The lowest BCUT2D eigenvalue weighted by molar-refractivity contribution is 0.636. The van der Waals surface area contributed by atoms with Crippen molar-refractivity contribution in [2.24, 2.45) is 0 Å². The van der Waals surface area contributed by atoms with Crippen LogP contribution < -0.4 is 5.32 Å². The van der Waals surface area contributed by atoms with Crippen molar-refractivity contribution in [3.05, 3.63) is 35.5 Å². The van der Waals surface area contributed by atoms with Gasteiger partial charge in [-0.05, 0) is 26.3 Å². The highest BCUT2D eigenvalue weighted by Crippen LogP contribution is 2.07. The molecule has 0 atom stereocenters. The lowest BCUT2D eigenvalue weighted by atomic mass is 10.4. The molecule has 2 aromatic heterocycles. The molecular formula is C12H17N5. The van der Waals surface area contributed by atoms with Crippen molar-refractivity contribution >= 4 is 5.82 Å². The van der Waals surface area contributed by atoms with Crippen LogP contribution in [-0.2, 0) is 6.54 Å². The van der Waals surface area contributed by atoms with E-state index < -0.39 is 0 Å². The second kappa shape index (κ2) is 4.95. The van der Waals surface area contributed by atoms with Gasteiger partial charge in [0.2, 0.25) is 0 Å². The van der Waals surface area contributed by atoms with Crippen molar-refractivity contribution < 1.29 is 0 Å². The fourth-order valence-electron chi connectivity index (χ4n) is 1.58. The topological polar surface area (TPSA) is 55.6 Å². The van der Waals surface area contributed by atoms with Crippen molar-refractivity contribution in [2.75, 3.05) is 11.9 Å². The fourth-order valence-corrected chi connectivity index (χ4v) is 1.58. The summed E-state index contributed by atoms with van der Waals surface area (Å²) in [5.41, 5.74) is 3.02. The molecule has 0 aliphatic heterocycles. The molecule has 0 amide bonds. The SMILES string of the molecule is Cc1cnn(CCNc2nc(C)cnc2C)c1. The maximum absolute atomic E-state index is 4.41. The van der Waals surface area contributed by atoms with Crippen molar-refractivity contribution in [2.45, 2.75) is 27.3 Å². The van der Waals surface area contributed by atoms with E-state index in [0.29, 0.717) is 0 Å². The Morgan fingerprint density at radius 2 is 2.06 bits per heavy atom. The van der Waals surface area contributed by atoms with Crippen LogP contribution in [0.5, 0.6) is 0 Å². The summed E-state index contributed by atoms with van der Waals surface area (Å²) in [5, 5.41) is 7.50. The van der Waals surface area contributed by atoms with E-state index in [9.17, 15) is 0 Å². The molecule has 0 unspecified atom stereocenters. The zero-order valence-corrected chi connectivity index (χ0v) is 10.4. The average molecular weight is 231 g/mol. The van der Waals surface area contributed by atoms with E-state index in [1.54, 1.807) is 6.20 Å². The highest BCUT2D eigenvalue weighted by molar-refractivity contribution is 5.39. The molecule has 0 spiro atoms. The summed E-state index contributed by atoms with van der Waals surface area (Å²) in [6, 6.07) is 0. The molecule has 2 rings (SSSR count). The largest absolute Gasteiger partial charge is 0.367 e. The zero-order chi connectivity index (χ0) is 12.3. The number of rotatable bonds is 4. The van der Waals surface area contributed by atoms with E-state index in [2.05, 4.69) is 20.4 Å². The lowest BCUT2D eigenvalue weighted by Gasteiger charge is -2.08. The summed E-state index contributed by atoms with van der Waals surface area (Å²) in [6.45, 7) is 7.54. The van der Waals surface area contributed by atoms with Gasteiger partial charge >= 0.3 is 0 Å². The Bertz CT molecular complexity index is 503. The van der Waals surface area contributed by atoms with E-state index in [4.69, 9.17) is 0 Å². The van der Waals surface area contributed by atoms with Crippen molar-refractivity contribution in [1.29, 1.82) is 0 Å². The summed E-state index contributed by atoms with van der Waals surface area (Å²) in [4.78, 5) is 8.67. The van der Waals surface area contributed by atoms with Crippen molar-refractivity contribution in [1.82, 2.24) is 19.7 Å². The number of anilines is 1. The zero-order valence-electron chi connectivity index (χ0n) is 10.4. The Labute approximate surface area is 101 Å². The predicted octanol–water partition coefficient (Wildman–Crippen LogP) is 1.71. The maximum Gasteiger partial charge on any atom is 0.147 e. The number of nitrogens with one attached hydrogen (secondary N) is 1. The van der Waals surface area contributed by atoms with Crippen LogP contribution in [0.15, 0.2) is 18.6 Å². The molecule has 90 valence electrons. The third kappa shape index (κ3) is 3.03. The molecule has 0 aromatic carbocycles. The highest BCUT2D eigenvalue weighted by Gasteiger charge is 2.01. The third-order valence-corrected chi connectivity index (χ3v) is 2.47. The van der Waals surface area contributed by atoms with Crippen LogP contribution in [0.3, 0.4) is 0 Å². The van der Waals surface area contributed by atoms with Gasteiger partial charge in [-0.1, -0.05) is 0 Å². The Balaban J connectivity index is 1.91. The van der Waals surface area contributed by atoms with Gasteiger partial charge in [0.05, 0.1) is 24.1 Å². The van der Waals surface area contributed by atoms with Gasteiger partial charge in [0, 0.05) is 18.9 Å². The molecule has 0 radical (unpaired) electrons. The van der Waals surface area contributed by atoms with Gasteiger partial charge in [0.15, 0.2) is 0 Å². The molecule has 5 heteroatoms. The molecule has 17 heavy (non-hydrogen) atoms. The van der Waals surface area contributed by atoms with Gasteiger partial charge in [-0.15, -0.1) is 0 Å². The standard InChI is InChI=1S/C12H17N5/c1-9-6-15-17(8-9)5-4-13-12-11(3)14-7-10(2)16-12/h6-8H,4-5H2,1-3H3,(H,13,16). The van der Waals surface area contributed by atoms with Gasteiger partial charge in [0.25, 0.3) is 0 Å². The molecule has 0 aliphatic carbocycles. The normalized spacial score (nSPS) is 10.5. The number of nitrogens with zero attached hydrogens (tertiary/aromatic N) is 4. The van der Waals surface area contributed by atoms with E-state index in [1.807, 2.05) is 37.8 Å². The summed E-state index contributed by atoms with van der Waals surface area (Å²) < 4.78 is 1.92. The minimum Gasteiger partial charge on any atom is -0.367 e. The molecular weight excluding hydrogens is 214 g/mol. The molecule has 2 heterocycles. The summed E-state index contributed by atoms with van der Waals surface area (Å²) >= 11 is 0. The molecule has 0 bridgehead atoms. The Kier molecular flexibility index (Phi) is 3.37.